The molecule has 0 spiro atoms. The molecule has 0 aromatic heterocycles. The zero-order chi connectivity index (χ0) is 13.0. The summed E-state index contributed by atoms with van der Waals surface area (Å²) in [5.74, 6) is 0.296. The van der Waals surface area contributed by atoms with E-state index in [9.17, 15) is 9.59 Å². The van der Waals surface area contributed by atoms with E-state index in [2.05, 4.69) is 10.2 Å². The van der Waals surface area contributed by atoms with Crippen LogP contribution in [0, 0.1) is 0 Å². The summed E-state index contributed by atoms with van der Waals surface area (Å²) in [6, 6.07) is 0. The quantitative estimate of drug-likeness (QED) is 0.738. The van der Waals surface area contributed by atoms with Crippen molar-refractivity contribution in [3.8, 4) is 0 Å². The van der Waals surface area contributed by atoms with Crippen molar-refractivity contribution in [2.45, 2.75) is 6.92 Å². The molecule has 0 aromatic rings. The molecule has 2 fully saturated rings. The minimum absolute atomic E-state index is 0. The third-order valence-electron chi connectivity index (χ3n) is 3.65. The lowest BCUT2D eigenvalue weighted by molar-refractivity contribution is -0.139. The molecule has 118 valence electrons. The number of halogens is 2. The van der Waals surface area contributed by atoms with Gasteiger partial charge in [0.25, 0.3) is 0 Å². The molecule has 6 nitrogen and oxygen atoms in total. The first kappa shape index (κ1) is 19.4. The lowest BCUT2D eigenvalue weighted by Crippen LogP contribution is -2.53. The largest absolute Gasteiger partial charge is 0.339 e. The number of hydrogen-bond acceptors (Lipinski definition) is 4. The number of nitrogens with one attached hydrogen (secondary N) is 1. The molecule has 20 heavy (non-hydrogen) atoms. The molecule has 0 unspecified atom stereocenters. The number of amides is 2. The summed E-state index contributed by atoms with van der Waals surface area (Å²) in [5, 5.41) is 3.28. The number of hydrogen-bond donors (Lipinski definition) is 1. The number of carbonyl (C=O) groups excluding carboxylic acids is 2. The van der Waals surface area contributed by atoms with Gasteiger partial charge in [0.15, 0.2) is 0 Å². The maximum Gasteiger partial charge on any atom is 0.236 e. The molecule has 0 aromatic carbocycles. The summed E-state index contributed by atoms with van der Waals surface area (Å²) < 4.78 is 0. The van der Waals surface area contributed by atoms with Gasteiger partial charge in [0.05, 0.1) is 6.54 Å². The van der Waals surface area contributed by atoms with Crippen LogP contribution in [0.4, 0.5) is 0 Å². The van der Waals surface area contributed by atoms with Gasteiger partial charge in [0.1, 0.15) is 0 Å². The van der Waals surface area contributed by atoms with Gasteiger partial charge in [-0.25, -0.2) is 0 Å². The third-order valence-corrected chi connectivity index (χ3v) is 3.65. The zero-order valence-corrected chi connectivity index (χ0v) is 13.5. The van der Waals surface area contributed by atoms with Crippen LogP contribution in [0.5, 0.6) is 0 Å². The van der Waals surface area contributed by atoms with Crippen molar-refractivity contribution in [3.63, 3.8) is 0 Å². The van der Waals surface area contributed by atoms with Crippen molar-refractivity contribution in [2.75, 3.05) is 58.9 Å². The lowest BCUT2D eigenvalue weighted by atomic mass is 10.3. The van der Waals surface area contributed by atoms with Crippen molar-refractivity contribution in [1.82, 2.24) is 20.0 Å². The van der Waals surface area contributed by atoms with E-state index in [4.69, 9.17) is 0 Å². The van der Waals surface area contributed by atoms with Gasteiger partial charge in [0.2, 0.25) is 11.8 Å². The average Bonchev–Trinajstić information content (AvgIpc) is 2.40. The van der Waals surface area contributed by atoms with Gasteiger partial charge >= 0.3 is 0 Å². The first-order valence-corrected chi connectivity index (χ1v) is 6.63. The van der Waals surface area contributed by atoms with E-state index >= 15 is 0 Å². The van der Waals surface area contributed by atoms with Crippen molar-refractivity contribution < 1.29 is 9.59 Å². The van der Waals surface area contributed by atoms with Gasteiger partial charge in [-0.2, -0.15) is 0 Å². The van der Waals surface area contributed by atoms with E-state index in [-0.39, 0.29) is 36.6 Å². The monoisotopic (exact) mass is 326 g/mol. The molecule has 2 aliphatic rings. The predicted octanol–water partition coefficient (Wildman–Crippen LogP) is -0.574. The topological polar surface area (TPSA) is 55.9 Å². The Morgan fingerprint density at radius 1 is 0.900 bits per heavy atom. The van der Waals surface area contributed by atoms with Crippen LogP contribution in [0.15, 0.2) is 0 Å². The number of rotatable bonds is 2. The molecule has 0 bridgehead atoms. The fraction of sp³-hybridized carbons (Fsp3) is 0.833. The molecule has 2 saturated heterocycles. The lowest BCUT2D eigenvalue weighted by Gasteiger charge is -2.36. The molecule has 2 rings (SSSR count). The van der Waals surface area contributed by atoms with Gasteiger partial charge < -0.3 is 15.1 Å². The molecule has 2 amide bonds. The fourth-order valence-corrected chi connectivity index (χ4v) is 2.43. The summed E-state index contributed by atoms with van der Waals surface area (Å²) in [5.41, 5.74) is 0. The Kier molecular flexibility index (Phi) is 9.13. The molecule has 0 aliphatic carbocycles. The molecule has 0 radical (unpaired) electrons. The molecule has 1 N–H and O–H groups in total. The summed E-state index contributed by atoms with van der Waals surface area (Å²) in [6.07, 6.45) is 0. The van der Waals surface area contributed by atoms with E-state index in [1.54, 1.807) is 11.8 Å². The van der Waals surface area contributed by atoms with Crippen LogP contribution in [0.1, 0.15) is 6.92 Å². The number of piperazine rings is 2. The number of carbonyl (C=O) groups is 2. The van der Waals surface area contributed by atoms with Gasteiger partial charge in [0, 0.05) is 59.3 Å². The van der Waals surface area contributed by atoms with Crippen LogP contribution in [-0.2, 0) is 9.59 Å². The Morgan fingerprint density at radius 2 is 1.40 bits per heavy atom. The maximum atomic E-state index is 12.1. The highest BCUT2D eigenvalue weighted by atomic mass is 35.5. The minimum Gasteiger partial charge on any atom is -0.339 e. The standard InChI is InChI=1S/C12H22N4O2.2ClH/c1-11(17)15-6-8-16(9-7-15)12(18)10-14-4-2-13-3-5-14;;/h13H,2-10H2,1H3;2*1H. The van der Waals surface area contributed by atoms with Crippen LogP contribution in [0.25, 0.3) is 0 Å². The molecule has 2 aliphatic heterocycles. The summed E-state index contributed by atoms with van der Waals surface area (Å²) in [6.45, 7) is 8.59. The van der Waals surface area contributed by atoms with Crippen molar-refractivity contribution in [1.29, 1.82) is 0 Å². The normalized spacial score (nSPS) is 19.9. The zero-order valence-electron chi connectivity index (χ0n) is 11.8. The van der Waals surface area contributed by atoms with E-state index in [1.807, 2.05) is 4.90 Å². The van der Waals surface area contributed by atoms with Gasteiger partial charge in [-0.05, 0) is 0 Å². The second-order valence-electron chi connectivity index (χ2n) is 4.91. The first-order valence-electron chi connectivity index (χ1n) is 6.63. The molecular weight excluding hydrogens is 303 g/mol. The van der Waals surface area contributed by atoms with Crippen molar-refractivity contribution in [2.24, 2.45) is 0 Å². The van der Waals surface area contributed by atoms with Crippen molar-refractivity contribution in [3.05, 3.63) is 0 Å². The molecule has 0 atom stereocenters. The highest BCUT2D eigenvalue weighted by Crippen LogP contribution is 2.04. The summed E-state index contributed by atoms with van der Waals surface area (Å²) >= 11 is 0. The van der Waals surface area contributed by atoms with Crippen LogP contribution >= 0.6 is 24.8 Å². The minimum atomic E-state index is 0. The van der Waals surface area contributed by atoms with Crippen LogP contribution < -0.4 is 5.32 Å². The molecule has 2 heterocycles. The summed E-state index contributed by atoms with van der Waals surface area (Å²) in [7, 11) is 0. The van der Waals surface area contributed by atoms with Crippen LogP contribution in [-0.4, -0.2) is 85.4 Å². The molecule has 8 heteroatoms. The van der Waals surface area contributed by atoms with Crippen molar-refractivity contribution >= 4 is 36.6 Å². The third kappa shape index (κ3) is 5.44. The van der Waals surface area contributed by atoms with Gasteiger partial charge in [-0.3, -0.25) is 14.5 Å². The predicted molar refractivity (Wildman–Crippen MR) is 82.6 cm³/mol. The molecule has 0 saturated carbocycles. The van der Waals surface area contributed by atoms with Crippen LogP contribution in [0.3, 0.4) is 0 Å². The summed E-state index contributed by atoms with van der Waals surface area (Å²) in [4.78, 5) is 29.2. The first-order chi connectivity index (χ1) is 8.66. The Bertz CT molecular complexity index is 317. The van der Waals surface area contributed by atoms with E-state index in [0.29, 0.717) is 32.7 Å². The maximum absolute atomic E-state index is 12.1. The second-order valence-corrected chi connectivity index (χ2v) is 4.91. The fourth-order valence-electron chi connectivity index (χ4n) is 2.43. The molecular formula is C12H24Cl2N4O2. The Morgan fingerprint density at radius 3 is 1.90 bits per heavy atom. The smallest absolute Gasteiger partial charge is 0.236 e. The number of nitrogens with zero attached hydrogens (tertiary/aromatic N) is 3. The Balaban J connectivity index is 0.00000180. The second kappa shape index (κ2) is 9.39. The van der Waals surface area contributed by atoms with E-state index in [0.717, 1.165) is 26.2 Å². The van der Waals surface area contributed by atoms with Gasteiger partial charge in [-0.15, -0.1) is 24.8 Å². The Hall–Kier alpha value is -0.560. The average molecular weight is 327 g/mol. The van der Waals surface area contributed by atoms with E-state index in [1.165, 1.54) is 0 Å². The Labute approximate surface area is 132 Å². The SMILES string of the molecule is CC(=O)N1CCN(C(=O)CN2CCNCC2)CC1.Cl.Cl. The van der Waals surface area contributed by atoms with Gasteiger partial charge in [-0.1, -0.05) is 0 Å². The highest BCUT2D eigenvalue weighted by molar-refractivity contribution is 5.85. The van der Waals surface area contributed by atoms with Crippen LogP contribution in [0.2, 0.25) is 0 Å². The van der Waals surface area contributed by atoms with E-state index < -0.39 is 0 Å². The highest BCUT2D eigenvalue weighted by Gasteiger charge is 2.23.